The highest BCUT2D eigenvalue weighted by Crippen LogP contribution is 2.37. The SMILES string of the molecule is Cc1cc(-n2cccn2)ccc1-c1c(-c2ccccc2)ncn1C(C)(CO)CO. The lowest BCUT2D eigenvalue weighted by atomic mass is 9.97. The molecule has 2 aromatic carbocycles. The topological polar surface area (TPSA) is 76.1 Å². The molecular weight excluding hydrogens is 364 g/mol. The Hall–Kier alpha value is -3.22. The molecule has 29 heavy (non-hydrogen) atoms. The van der Waals surface area contributed by atoms with E-state index in [-0.39, 0.29) is 13.2 Å². The maximum Gasteiger partial charge on any atom is 0.0965 e. The first-order valence-corrected chi connectivity index (χ1v) is 9.53. The van der Waals surface area contributed by atoms with Crippen molar-refractivity contribution >= 4 is 0 Å². The number of aromatic nitrogens is 4. The second-order valence-corrected chi connectivity index (χ2v) is 7.44. The first-order valence-electron chi connectivity index (χ1n) is 9.53. The van der Waals surface area contributed by atoms with E-state index >= 15 is 0 Å². The Morgan fingerprint density at radius 1 is 1.00 bits per heavy atom. The van der Waals surface area contributed by atoms with Crippen LogP contribution < -0.4 is 0 Å². The average Bonchev–Trinajstić information content (AvgIpc) is 3.44. The number of nitrogens with zero attached hydrogens (tertiary/aromatic N) is 4. The summed E-state index contributed by atoms with van der Waals surface area (Å²) in [6, 6.07) is 18.0. The van der Waals surface area contributed by atoms with Crippen LogP contribution in [0.3, 0.4) is 0 Å². The summed E-state index contributed by atoms with van der Waals surface area (Å²) in [4.78, 5) is 4.66. The van der Waals surface area contributed by atoms with E-state index in [9.17, 15) is 10.2 Å². The maximum atomic E-state index is 10.0. The van der Waals surface area contributed by atoms with Crippen molar-refractivity contribution in [3.8, 4) is 28.2 Å². The minimum absolute atomic E-state index is 0.203. The highest BCUT2D eigenvalue weighted by Gasteiger charge is 2.30. The summed E-state index contributed by atoms with van der Waals surface area (Å²) in [7, 11) is 0. The Balaban J connectivity index is 1.93. The number of hydrogen-bond acceptors (Lipinski definition) is 4. The van der Waals surface area contributed by atoms with Crippen LogP contribution in [0.25, 0.3) is 28.2 Å². The second kappa shape index (κ2) is 7.66. The molecule has 4 rings (SSSR count). The van der Waals surface area contributed by atoms with Gasteiger partial charge in [0.05, 0.1) is 42.2 Å². The average molecular weight is 388 g/mol. The summed E-state index contributed by atoms with van der Waals surface area (Å²) in [5, 5.41) is 24.3. The van der Waals surface area contributed by atoms with Crippen LogP contribution in [0.15, 0.2) is 73.3 Å². The maximum absolute atomic E-state index is 10.0. The van der Waals surface area contributed by atoms with Gasteiger partial charge in [-0.2, -0.15) is 5.10 Å². The summed E-state index contributed by atoms with van der Waals surface area (Å²) in [6.07, 6.45) is 5.35. The molecule has 6 heteroatoms. The minimum atomic E-state index is -0.873. The van der Waals surface area contributed by atoms with E-state index in [2.05, 4.69) is 16.1 Å². The molecule has 0 unspecified atom stereocenters. The molecule has 0 atom stereocenters. The van der Waals surface area contributed by atoms with E-state index in [0.29, 0.717) is 0 Å². The Morgan fingerprint density at radius 2 is 1.76 bits per heavy atom. The van der Waals surface area contributed by atoms with Gasteiger partial charge in [0.15, 0.2) is 0 Å². The molecular formula is C23H24N4O2. The van der Waals surface area contributed by atoms with Gasteiger partial charge in [0.1, 0.15) is 0 Å². The third kappa shape index (κ3) is 3.37. The fourth-order valence-corrected chi connectivity index (χ4v) is 3.50. The third-order valence-electron chi connectivity index (χ3n) is 5.31. The van der Waals surface area contributed by atoms with Gasteiger partial charge in [-0.25, -0.2) is 9.67 Å². The smallest absolute Gasteiger partial charge is 0.0965 e. The number of benzene rings is 2. The number of aliphatic hydroxyl groups excluding tert-OH is 2. The number of aryl methyl sites for hydroxylation is 1. The van der Waals surface area contributed by atoms with Crippen molar-refractivity contribution in [1.29, 1.82) is 0 Å². The molecule has 0 aliphatic carbocycles. The molecule has 6 nitrogen and oxygen atoms in total. The van der Waals surface area contributed by atoms with Crippen LogP contribution in [-0.4, -0.2) is 42.8 Å². The zero-order chi connectivity index (χ0) is 20.4. The van der Waals surface area contributed by atoms with Gasteiger partial charge in [-0.3, -0.25) is 0 Å². The van der Waals surface area contributed by atoms with Crippen molar-refractivity contribution in [2.24, 2.45) is 0 Å². The highest BCUT2D eigenvalue weighted by molar-refractivity contribution is 5.81. The van der Waals surface area contributed by atoms with E-state index in [1.54, 1.807) is 12.5 Å². The van der Waals surface area contributed by atoms with E-state index in [1.807, 2.05) is 77.8 Å². The molecule has 0 spiro atoms. The Morgan fingerprint density at radius 3 is 2.38 bits per heavy atom. The van der Waals surface area contributed by atoms with Gasteiger partial charge in [-0.1, -0.05) is 36.4 Å². The van der Waals surface area contributed by atoms with Crippen molar-refractivity contribution in [3.63, 3.8) is 0 Å². The molecule has 0 radical (unpaired) electrons. The molecule has 148 valence electrons. The lowest BCUT2D eigenvalue weighted by molar-refractivity contribution is 0.0790. The van der Waals surface area contributed by atoms with Crippen LogP contribution in [-0.2, 0) is 5.54 Å². The fraction of sp³-hybridized carbons (Fsp3) is 0.217. The monoisotopic (exact) mass is 388 g/mol. The quantitative estimate of drug-likeness (QED) is 0.531. The Labute approximate surface area is 169 Å². The summed E-state index contributed by atoms with van der Waals surface area (Å²) >= 11 is 0. The zero-order valence-electron chi connectivity index (χ0n) is 16.5. The van der Waals surface area contributed by atoms with Crippen molar-refractivity contribution in [1.82, 2.24) is 19.3 Å². The molecule has 2 N–H and O–H groups in total. The van der Waals surface area contributed by atoms with Crippen molar-refractivity contribution in [3.05, 3.63) is 78.9 Å². The van der Waals surface area contributed by atoms with Gasteiger partial charge in [0.2, 0.25) is 0 Å². The summed E-state index contributed by atoms with van der Waals surface area (Å²) in [5.41, 5.74) is 4.80. The number of imidazole rings is 1. The number of rotatable bonds is 6. The Bertz CT molecular complexity index is 1100. The first-order chi connectivity index (χ1) is 14.1. The zero-order valence-corrected chi connectivity index (χ0v) is 16.5. The second-order valence-electron chi connectivity index (χ2n) is 7.44. The predicted molar refractivity (Wildman–Crippen MR) is 113 cm³/mol. The van der Waals surface area contributed by atoms with Crippen LogP contribution in [0.2, 0.25) is 0 Å². The number of aliphatic hydroxyl groups is 2. The molecule has 0 saturated carbocycles. The van der Waals surface area contributed by atoms with Gasteiger partial charge in [0.25, 0.3) is 0 Å². The Kier molecular flexibility index (Phi) is 5.05. The fourth-order valence-electron chi connectivity index (χ4n) is 3.50. The van der Waals surface area contributed by atoms with Crippen molar-refractivity contribution < 1.29 is 10.2 Å². The summed E-state index contributed by atoms with van der Waals surface area (Å²) in [5.74, 6) is 0. The van der Waals surface area contributed by atoms with Gasteiger partial charge >= 0.3 is 0 Å². The largest absolute Gasteiger partial charge is 0.394 e. The van der Waals surface area contributed by atoms with Gasteiger partial charge in [0, 0.05) is 23.5 Å². The van der Waals surface area contributed by atoms with E-state index in [1.165, 1.54) is 0 Å². The third-order valence-corrected chi connectivity index (χ3v) is 5.31. The van der Waals surface area contributed by atoms with Gasteiger partial charge in [-0.05, 0) is 37.6 Å². The molecule has 0 bridgehead atoms. The molecule has 0 aliphatic rings. The van der Waals surface area contributed by atoms with Crippen molar-refractivity contribution in [2.75, 3.05) is 13.2 Å². The molecule has 4 aromatic rings. The highest BCUT2D eigenvalue weighted by atomic mass is 16.3. The van der Waals surface area contributed by atoms with Crippen LogP contribution in [0.1, 0.15) is 12.5 Å². The van der Waals surface area contributed by atoms with Crippen LogP contribution in [0, 0.1) is 6.92 Å². The molecule has 0 fully saturated rings. The van der Waals surface area contributed by atoms with Crippen LogP contribution >= 0.6 is 0 Å². The van der Waals surface area contributed by atoms with Crippen LogP contribution in [0.4, 0.5) is 0 Å². The molecule has 2 aromatic heterocycles. The first kappa shape index (κ1) is 19.1. The predicted octanol–water partition coefficient (Wildman–Crippen LogP) is 3.41. The lowest BCUT2D eigenvalue weighted by Gasteiger charge is -2.29. The molecule has 0 aliphatic heterocycles. The lowest BCUT2D eigenvalue weighted by Crippen LogP contribution is -2.38. The van der Waals surface area contributed by atoms with Crippen LogP contribution in [0.5, 0.6) is 0 Å². The molecule has 0 amide bonds. The van der Waals surface area contributed by atoms with E-state index < -0.39 is 5.54 Å². The van der Waals surface area contributed by atoms with E-state index in [4.69, 9.17) is 0 Å². The normalized spacial score (nSPS) is 11.7. The van der Waals surface area contributed by atoms with Gasteiger partial charge < -0.3 is 14.8 Å². The minimum Gasteiger partial charge on any atom is -0.394 e. The molecule has 2 heterocycles. The van der Waals surface area contributed by atoms with Gasteiger partial charge in [-0.15, -0.1) is 0 Å². The number of hydrogen-bond donors (Lipinski definition) is 2. The summed E-state index contributed by atoms with van der Waals surface area (Å²) in [6.45, 7) is 3.46. The summed E-state index contributed by atoms with van der Waals surface area (Å²) < 4.78 is 3.70. The molecule has 0 saturated heterocycles. The standard InChI is InChI=1S/C23H24N4O2/c1-17-13-19(27-12-6-11-25-27)9-10-20(17)22-21(18-7-4-3-5-8-18)24-16-26(22)23(2,14-28)15-29/h3-13,16,28-29H,14-15H2,1-2H3. The van der Waals surface area contributed by atoms with Crippen molar-refractivity contribution in [2.45, 2.75) is 19.4 Å². The van der Waals surface area contributed by atoms with E-state index in [0.717, 1.165) is 33.8 Å².